The monoisotopic (exact) mass is 617 g/mol. The number of carbonyl (C=O) groups excluding carboxylic acids is 1. The second-order valence-corrected chi connectivity index (χ2v) is 11.4. The van der Waals surface area contributed by atoms with Gasteiger partial charge >= 0.3 is 6.18 Å². The molecule has 0 spiro atoms. The second kappa shape index (κ2) is 11.7. The van der Waals surface area contributed by atoms with Crippen molar-refractivity contribution in [1.29, 1.82) is 0 Å². The quantitative estimate of drug-likeness (QED) is 0.196. The maximum absolute atomic E-state index is 13.8. The van der Waals surface area contributed by atoms with E-state index in [4.69, 9.17) is 0 Å². The molecule has 3 aliphatic heterocycles. The highest BCUT2D eigenvalue weighted by Gasteiger charge is 2.37. The first-order valence-electron chi connectivity index (χ1n) is 14.5. The lowest BCUT2D eigenvalue weighted by Crippen LogP contribution is -2.49. The topological polar surface area (TPSA) is 106 Å². The summed E-state index contributed by atoms with van der Waals surface area (Å²) in [6.45, 7) is 2.20. The van der Waals surface area contributed by atoms with Gasteiger partial charge in [-0.1, -0.05) is 12.1 Å². The number of alkyl halides is 5. The molecule has 3 aliphatic rings. The van der Waals surface area contributed by atoms with Gasteiger partial charge in [0.15, 0.2) is 0 Å². The first kappa shape index (κ1) is 29.9. The largest absolute Gasteiger partial charge is 0.506 e. The summed E-state index contributed by atoms with van der Waals surface area (Å²) in [7, 11) is 0. The number of rotatable bonds is 7. The van der Waals surface area contributed by atoms with Gasteiger partial charge in [0.2, 0.25) is 11.9 Å². The molecule has 2 saturated heterocycles. The van der Waals surface area contributed by atoms with E-state index in [1.165, 1.54) is 0 Å². The molecular weight excluding hydrogens is 585 g/mol. The zero-order chi connectivity index (χ0) is 31.1. The van der Waals surface area contributed by atoms with Crippen molar-refractivity contribution >= 4 is 34.7 Å². The highest BCUT2D eigenvalue weighted by Crippen LogP contribution is 2.37. The molecule has 1 aromatic heterocycles. The Morgan fingerprint density at radius 1 is 1.07 bits per heavy atom. The Balaban J connectivity index is 1.12. The molecular formula is C30H32F5N7O2. The van der Waals surface area contributed by atoms with Gasteiger partial charge in [-0.25, -0.2) is 13.8 Å². The highest BCUT2D eigenvalue weighted by atomic mass is 19.4. The standard InChI is InChI=1S/C30H32F5N7O2/c31-29(32)8-12-42(13-9-29)19-6-10-41(11-7-19)20-4-5-24(25(43)14-20)39-28-37-17-22(30(33,34)35)27(40-28)36-16-18-2-1-3-23-21(18)15-26(44)38-23/h1-5,14,17,19,43H,6-13,15-16H2,(H,38,44)(H2,36,37,39,40). The van der Waals surface area contributed by atoms with Crippen molar-refractivity contribution in [3.8, 4) is 5.75 Å². The van der Waals surface area contributed by atoms with Crippen molar-refractivity contribution in [3.63, 3.8) is 0 Å². The summed E-state index contributed by atoms with van der Waals surface area (Å²) in [5.74, 6) is -3.47. The van der Waals surface area contributed by atoms with Crippen molar-refractivity contribution < 1.29 is 31.9 Å². The molecule has 3 aromatic rings. The van der Waals surface area contributed by atoms with Gasteiger partial charge in [0.25, 0.3) is 5.92 Å². The van der Waals surface area contributed by atoms with E-state index in [9.17, 15) is 31.9 Å². The van der Waals surface area contributed by atoms with E-state index in [-0.39, 0.29) is 55.1 Å². The Bertz CT molecular complexity index is 1530. The second-order valence-electron chi connectivity index (χ2n) is 11.4. The summed E-state index contributed by atoms with van der Waals surface area (Å²) in [6.07, 6.45) is -2.47. The van der Waals surface area contributed by atoms with Crippen molar-refractivity contribution in [2.75, 3.05) is 47.0 Å². The van der Waals surface area contributed by atoms with Gasteiger partial charge in [0.1, 0.15) is 17.1 Å². The van der Waals surface area contributed by atoms with E-state index in [1.807, 2.05) is 0 Å². The summed E-state index contributed by atoms with van der Waals surface area (Å²) in [5, 5.41) is 19.0. The van der Waals surface area contributed by atoms with Crippen molar-refractivity contribution in [2.45, 2.75) is 56.8 Å². The summed E-state index contributed by atoms with van der Waals surface area (Å²) in [5.41, 5.74) is 1.96. The third-order valence-electron chi connectivity index (χ3n) is 8.53. The van der Waals surface area contributed by atoms with Gasteiger partial charge in [0.05, 0.1) is 12.1 Å². The number of anilines is 5. The number of hydrogen-bond acceptors (Lipinski definition) is 8. The number of phenolic OH excluding ortho intramolecular Hbond substituents is 1. The Morgan fingerprint density at radius 3 is 2.52 bits per heavy atom. The van der Waals surface area contributed by atoms with E-state index in [1.54, 1.807) is 36.4 Å². The fourth-order valence-electron chi connectivity index (χ4n) is 6.09. The van der Waals surface area contributed by atoms with Gasteiger partial charge < -0.3 is 26.0 Å². The third-order valence-corrected chi connectivity index (χ3v) is 8.53. The number of aromatic hydroxyl groups is 1. The van der Waals surface area contributed by atoms with Crippen LogP contribution in [0.15, 0.2) is 42.6 Å². The molecule has 14 heteroatoms. The minimum atomic E-state index is -4.71. The van der Waals surface area contributed by atoms with Crippen LogP contribution in [0, 0.1) is 0 Å². The first-order valence-corrected chi connectivity index (χ1v) is 14.5. The molecule has 2 aromatic carbocycles. The Hall–Kier alpha value is -4.20. The molecule has 0 aliphatic carbocycles. The van der Waals surface area contributed by atoms with E-state index in [0.29, 0.717) is 43.6 Å². The predicted octanol–water partition coefficient (Wildman–Crippen LogP) is 5.75. The molecule has 0 bridgehead atoms. The predicted molar refractivity (Wildman–Crippen MR) is 156 cm³/mol. The van der Waals surface area contributed by atoms with Crippen LogP contribution in [0.4, 0.5) is 50.8 Å². The Kier molecular flexibility index (Phi) is 7.95. The van der Waals surface area contributed by atoms with Crippen LogP contribution in [-0.2, 0) is 23.9 Å². The molecule has 2 fully saturated rings. The van der Waals surface area contributed by atoms with E-state index in [2.05, 4.69) is 35.7 Å². The number of nitrogens with one attached hydrogen (secondary N) is 3. The van der Waals surface area contributed by atoms with Crippen LogP contribution < -0.4 is 20.9 Å². The van der Waals surface area contributed by atoms with Crippen molar-refractivity contribution in [3.05, 3.63) is 59.3 Å². The maximum Gasteiger partial charge on any atom is 0.421 e. The summed E-state index contributed by atoms with van der Waals surface area (Å²) in [4.78, 5) is 24.0. The van der Waals surface area contributed by atoms with Gasteiger partial charge in [-0.2, -0.15) is 18.2 Å². The van der Waals surface area contributed by atoms with E-state index >= 15 is 0 Å². The average molecular weight is 618 g/mol. The van der Waals surface area contributed by atoms with Crippen LogP contribution in [0.25, 0.3) is 0 Å². The number of amides is 1. The van der Waals surface area contributed by atoms with E-state index < -0.39 is 23.5 Å². The number of benzene rings is 2. The normalized spacial score (nSPS) is 19.0. The molecule has 4 heterocycles. The summed E-state index contributed by atoms with van der Waals surface area (Å²) >= 11 is 0. The minimum Gasteiger partial charge on any atom is -0.506 e. The van der Waals surface area contributed by atoms with Gasteiger partial charge in [-0.15, -0.1) is 0 Å². The summed E-state index contributed by atoms with van der Waals surface area (Å²) < 4.78 is 68.4. The van der Waals surface area contributed by atoms with Crippen molar-refractivity contribution in [1.82, 2.24) is 14.9 Å². The van der Waals surface area contributed by atoms with E-state index in [0.717, 1.165) is 24.1 Å². The number of piperidine rings is 2. The van der Waals surface area contributed by atoms with Crippen LogP contribution in [0.5, 0.6) is 5.75 Å². The molecule has 44 heavy (non-hydrogen) atoms. The molecule has 0 atom stereocenters. The average Bonchev–Trinajstić information content (AvgIpc) is 3.37. The molecule has 4 N–H and O–H groups in total. The van der Waals surface area contributed by atoms with Crippen LogP contribution in [-0.4, -0.2) is 64.0 Å². The number of halogens is 5. The highest BCUT2D eigenvalue weighted by molar-refractivity contribution is 5.99. The number of fused-ring (bicyclic) bond motifs is 1. The Labute approximate surface area is 250 Å². The fourth-order valence-corrected chi connectivity index (χ4v) is 6.09. The Morgan fingerprint density at radius 2 is 1.82 bits per heavy atom. The van der Waals surface area contributed by atoms with Crippen LogP contribution in [0.1, 0.15) is 42.4 Å². The van der Waals surface area contributed by atoms with Crippen molar-refractivity contribution in [2.24, 2.45) is 0 Å². The minimum absolute atomic E-state index is 0.00144. The summed E-state index contributed by atoms with van der Waals surface area (Å²) in [6, 6.07) is 10.4. The number of likely N-dealkylation sites (tertiary alicyclic amines) is 1. The molecule has 1 amide bonds. The number of carbonyl (C=O) groups is 1. The number of aromatic nitrogens is 2. The fraction of sp³-hybridized carbons (Fsp3) is 0.433. The lowest BCUT2D eigenvalue weighted by Gasteiger charge is -2.42. The van der Waals surface area contributed by atoms with Gasteiger partial charge in [-0.05, 0) is 42.2 Å². The van der Waals surface area contributed by atoms with Crippen LogP contribution in [0.3, 0.4) is 0 Å². The molecule has 9 nitrogen and oxygen atoms in total. The SMILES string of the molecule is O=C1Cc2c(CNc3nc(Nc4ccc(N5CCC(N6CCC(F)(F)CC6)CC5)cc4O)ncc3C(F)(F)F)cccc2N1. The van der Waals surface area contributed by atoms with Gasteiger partial charge in [0, 0.05) is 75.2 Å². The number of phenols is 1. The zero-order valence-corrected chi connectivity index (χ0v) is 23.7. The van der Waals surface area contributed by atoms with Crippen LogP contribution >= 0.6 is 0 Å². The van der Waals surface area contributed by atoms with Crippen LogP contribution in [0.2, 0.25) is 0 Å². The molecule has 0 unspecified atom stereocenters. The smallest absolute Gasteiger partial charge is 0.421 e. The first-order chi connectivity index (χ1) is 20.9. The molecule has 0 radical (unpaired) electrons. The molecule has 0 saturated carbocycles. The van der Waals surface area contributed by atoms with Gasteiger partial charge in [-0.3, -0.25) is 9.69 Å². The number of nitrogens with zero attached hydrogens (tertiary/aromatic N) is 4. The number of hydrogen-bond donors (Lipinski definition) is 4. The zero-order valence-electron chi connectivity index (χ0n) is 23.7. The lowest BCUT2D eigenvalue weighted by atomic mass is 9.98. The lowest BCUT2D eigenvalue weighted by molar-refractivity contribution is -0.137. The maximum atomic E-state index is 13.8. The third kappa shape index (κ3) is 6.49. The molecule has 234 valence electrons. The molecule has 6 rings (SSSR count).